The zero-order valence-corrected chi connectivity index (χ0v) is 7.77. The second kappa shape index (κ2) is 2.87. The summed E-state index contributed by atoms with van der Waals surface area (Å²) in [5.74, 6) is 0. The van der Waals surface area contributed by atoms with Gasteiger partial charge in [-0.15, -0.1) is 0 Å². The summed E-state index contributed by atoms with van der Waals surface area (Å²) in [7, 11) is 0. The van der Waals surface area contributed by atoms with Crippen molar-refractivity contribution in [3.05, 3.63) is 42.5 Å². The first-order chi connectivity index (χ1) is 6.95. The SMILES string of the molecule is c1ccc2c(c1)NCCc1cncn1-2. The highest BCUT2D eigenvalue weighted by atomic mass is 15.1. The van der Waals surface area contributed by atoms with Crippen molar-refractivity contribution in [3.8, 4) is 5.69 Å². The zero-order valence-electron chi connectivity index (χ0n) is 7.77. The summed E-state index contributed by atoms with van der Waals surface area (Å²) in [4.78, 5) is 4.18. The van der Waals surface area contributed by atoms with Crippen LogP contribution in [-0.4, -0.2) is 16.1 Å². The summed E-state index contributed by atoms with van der Waals surface area (Å²) in [5.41, 5.74) is 3.64. The Hall–Kier alpha value is -1.77. The van der Waals surface area contributed by atoms with Gasteiger partial charge in [0.25, 0.3) is 0 Å². The summed E-state index contributed by atoms with van der Waals surface area (Å²) >= 11 is 0. The highest BCUT2D eigenvalue weighted by molar-refractivity contribution is 5.62. The van der Waals surface area contributed by atoms with E-state index in [2.05, 4.69) is 33.1 Å². The molecule has 0 saturated carbocycles. The number of nitrogens with zero attached hydrogens (tertiary/aromatic N) is 2. The standard InChI is InChI=1S/C11H11N3/c1-2-4-11-10(3-1)13-6-5-9-7-12-8-14(9)11/h1-4,7-8,13H,5-6H2. The molecule has 0 bridgehead atoms. The molecule has 0 unspecified atom stereocenters. The van der Waals surface area contributed by atoms with Crippen molar-refractivity contribution in [2.75, 3.05) is 11.9 Å². The third-order valence-electron chi connectivity index (χ3n) is 2.58. The van der Waals surface area contributed by atoms with Crippen LogP contribution in [0.2, 0.25) is 0 Å². The van der Waals surface area contributed by atoms with E-state index in [1.807, 2.05) is 18.6 Å². The van der Waals surface area contributed by atoms with Crippen molar-refractivity contribution in [1.29, 1.82) is 0 Å². The normalized spacial score (nSPS) is 13.7. The van der Waals surface area contributed by atoms with Gasteiger partial charge in [0.05, 0.1) is 17.7 Å². The van der Waals surface area contributed by atoms with Gasteiger partial charge in [-0.25, -0.2) is 4.98 Å². The topological polar surface area (TPSA) is 29.9 Å². The Labute approximate surface area is 82.4 Å². The summed E-state index contributed by atoms with van der Waals surface area (Å²) in [6.07, 6.45) is 4.83. The van der Waals surface area contributed by atoms with Crippen LogP contribution in [0, 0.1) is 0 Å². The van der Waals surface area contributed by atoms with Crippen LogP contribution in [-0.2, 0) is 6.42 Å². The van der Waals surface area contributed by atoms with Crippen LogP contribution in [0.3, 0.4) is 0 Å². The van der Waals surface area contributed by atoms with E-state index in [1.54, 1.807) is 0 Å². The number of fused-ring (bicyclic) bond motifs is 3. The van der Waals surface area contributed by atoms with Crippen molar-refractivity contribution < 1.29 is 0 Å². The van der Waals surface area contributed by atoms with E-state index >= 15 is 0 Å². The number of hydrogen-bond donors (Lipinski definition) is 1. The van der Waals surface area contributed by atoms with Gasteiger partial charge in [-0.2, -0.15) is 0 Å². The monoisotopic (exact) mass is 185 g/mol. The molecule has 1 N–H and O–H groups in total. The molecule has 1 aliphatic heterocycles. The molecule has 0 saturated heterocycles. The van der Waals surface area contributed by atoms with Crippen molar-refractivity contribution in [1.82, 2.24) is 9.55 Å². The molecule has 70 valence electrons. The van der Waals surface area contributed by atoms with Crippen LogP contribution < -0.4 is 5.32 Å². The fraction of sp³-hybridized carbons (Fsp3) is 0.182. The van der Waals surface area contributed by atoms with Gasteiger partial charge in [0.1, 0.15) is 0 Å². The molecule has 3 rings (SSSR count). The number of rotatable bonds is 0. The lowest BCUT2D eigenvalue weighted by atomic mass is 10.2. The Bertz CT molecular complexity index is 459. The molecule has 0 radical (unpaired) electrons. The number of benzene rings is 1. The molecule has 14 heavy (non-hydrogen) atoms. The van der Waals surface area contributed by atoms with Crippen molar-refractivity contribution >= 4 is 5.69 Å². The number of anilines is 1. The Balaban J connectivity index is 2.27. The first kappa shape index (κ1) is 7.62. The number of imidazole rings is 1. The molecule has 3 heteroatoms. The molecular formula is C11H11N3. The third kappa shape index (κ3) is 1.02. The fourth-order valence-corrected chi connectivity index (χ4v) is 1.88. The minimum absolute atomic E-state index is 0.975. The lowest BCUT2D eigenvalue weighted by Crippen LogP contribution is -2.01. The van der Waals surface area contributed by atoms with Gasteiger partial charge in [0, 0.05) is 24.9 Å². The van der Waals surface area contributed by atoms with Crippen molar-refractivity contribution in [3.63, 3.8) is 0 Å². The fourth-order valence-electron chi connectivity index (χ4n) is 1.88. The van der Waals surface area contributed by atoms with Crippen LogP contribution in [0.15, 0.2) is 36.8 Å². The quantitative estimate of drug-likeness (QED) is 0.678. The number of aromatic nitrogens is 2. The van der Waals surface area contributed by atoms with Gasteiger partial charge in [0.2, 0.25) is 0 Å². The number of nitrogens with one attached hydrogen (secondary N) is 1. The summed E-state index contributed by atoms with van der Waals surface area (Å²) < 4.78 is 2.15. The van der Waals surface area contributed by atoms with Crippen LogP contribution >= 0.6 is 0 Å². The minimum atomic E-state index is 0.975. The Kier molecular flexibility index (Phi) is 1.56. The summed E-state index contributed by atoms with van der Waals surface area (Å²) in [6, 6.07) is 8.31. The molecule has 0 aliphatic carbocycles. The molecule has 2 aromatic rings. The summed E-state index contributed by atoms with van der Waals surface area (Å²) in [5, 5.41) is 3.41. The third-order valence-corrected chi connectivity index (χ3v) is 2.58. The molecule has 0 atom stereocenters. The van der Waals surface area contributed by atoms with E-state index in [-0.39, 0.29) is 0 Å². The van der Waals surface area contributed by atoms with Gasteiger partial charge < -0.3 is 9.88 Å². The van der Waals surface area contributed by atoms with Gasteiger partial charge in [-0.3, -0.25) is 0 Å². The molecule has 1 aromatic carbocycles. The molecule has 1 aliphatic rings. The van der Waals surface area contributed by atoms with Crippen LogP contribution in [0.25, 0.3) is 5.69 Å². The number of hydrogen-bond acceptors (Lipinski definition) is 2. The van der Waals surface area contributed by atoms with Crippen molar-refractivity contribution in [2.45, 2.75) is 6.42 Å². The van der Waals surface area contributed by atoms with Gasteiger partial charge in [0.15, 0.2) is 0 Å². The van der Waals surface area contributed by atoms with E-state index in [4.69, 9.17) is 0 Å². The minimum Gasteiger partial charge on any atom is -0.383 e. The average Bonchev–Trinajstić information content (AvgIpc) is 2.61. The largest absolute Gasteiger partial charge is 0.383 e. The average molecular weight is 185 g/mol. The number of para-hydroxylation sites is 2. The van der Waals surface area contributed by atoms with Gasteiger partial charge in [-0.05, 0) is 12.1 Å². The second-order valence-corrected chi connectivity index (χ2v) is 3.45. The smallest absolute Gasteiger partial charge is 0.0994 e. The predicted molar refractivity (Wildman–Crippen MR) is 55.8 cm³/mol. The maximum atomic E-state index is 4.18. The first-order valence-corrected chi connectivity index (χ1v) is 4.79. The van der Waals surface area contributed by atoms with Crippen LogP contribution in [0.1, 0.15) is 5.69 Å². The first-order valence-electron chi connectivity index (χ1n) is 4.79. The molecule has 0 fully saturated rings. The van der Waals surface area contributed by atoms with E-state index in [9.17, 15) is 0 Å². The highest BCUT2D eigenvalue weighted by Crippen LogP contribution is 2.23. The molecular weight excluding hydrogens is 174 g/mol. The van der Waals surface area contributed by atoms with Crippen LogP contribution in [0.5, 0.6) is 0 Å². The second-order valence-electron chi connectivity index (χ2n) is 3.45. The Morgan fingerprint density at radius 2 is 2.21 bits per heavy atom. The van der Waals surface area contributed by atoms with E-state index in [1.165, 1.54) is 17.1 Å². The Morgan fingerprint density at radius 1 is 1.29 bits per heavy atom. The lowest BCUT2D eigenvalue weighted by Gasteiger charge is -2.08. The maximum Gasteiger partial charge on any atom is 0.0994 e. The highest BCUT2D eigenvalue weighted by Gasteiger charge is 2.11. The van der Waals surface area contributed by atoms with Crippen LogP contribution in [0.4, 0.5) is 5.69 Å². The summed E-state index contributed by atoms with van der Waals surface area (Å²) in [6.45, 7) is 0.975. The van der Waals surface area contributed by atoms with E-state index in [0.717, 1.165) is 13.0 Å². The molecule has 0 spiro atoms. The van der Waals surface area contributed by atoms with Crippen molar-refractivity contribution in [2.24, 2.45) is 0 Å². The van der Waals surface area contributed by atoms with Gasteiger partial charge in [-0.1, -0.05) is 12.1 Å². The molecule has 1 aromatic heterocycles. The van der Waals surface area contributed by atoms with Gasteiger partial charge >= 0.3 is 0 Å². The lowest BCUT2D eigenvalue weighted by molar-refractivity contribution is 0.928. The molecule has 2 heterocycles. The predicted octanol–water partition coefficient (Wildman–Crippen LogP) is 1.84. The van der Waals surface area contributed by atoms with E-state index in [0.29, 0.717) is 0 Å². The Morgan fingerprint density at radius 3 is 3.21 bits per heavy atom. The van der Waals surface area contributed by atoms with E-state index < -0.39 is 0 Å². The maximum absolute atomic E-state index is 4.18. The molecule has 0 amide bonds. The zero-order chi connectivity index (χ0) is 9.38. The molecule has 3 nitrogen and oxygen atoms in total.